The first-order valence-corrected chi connectivity index (χ1v) is 10.3. The molecule has 0 radical (unpaired) electrons. The predicted molar refractivity (Wildman–Crippen MR) is 115 cm³/mol. The molecule has 3 aromatic rings. The molecule has 1 N–H and O–H groups in total. The molecule has 0 saturated carbocycles. The van der Waals surface area contributed by atoms with Crippen LogP contribution in [0.2, 0.25) is 0 Å². The minimum absolute atomic E-state index is 0.0813. The minimum Gasteiger partial charge on any atom is -0.322 e. The zero-order valence-corrected chi connectivity index (χ0v) is 16.9. The molecular weight excluding hydrogens is 406 g/mol. The summed E-state index contributed by atoms with van der Waals surface area (Å²) in [7, 11) is 0. The normalized spacial score (nSPS) is 16.0. The zero-order valence-electron chi connectivity index (χ0n) is 16.1. The van der Waals surface area contributed by atoms with Crippen molar-refractivity contribution in [3.8, 4) is 0 Å². The van der Waals surface area contributed by atoms with E-state index in [9.17, 15) is 18.4 Å². The van der Waals surface area contributed by atoms with Crippen molar-refractivity contribution < 1.29 is 18.4 Å². The number of benzene rings is 3. The van der Waals surface area contributed by atoms with Crippen LogP contribution in [0.5, 0.6) is 0 Å². The highest BCUT2D eigenvalue weighted by Crippen LogP contribution is 2.43. The monoisotopic (exact) mass is 424 g/mol. The Balaban J connectivity index is 1.55. The van der Waals surface area contributed by atoms with Gasteiger partial charge >= 0.3 is 0 Å². The third-order valence-electron chi connectivity index (χ3n) is 4.91. The van der Waals surface area contributed by atoms with Crippen molar-refractivity contribution in [1.29, 1.82) is 0 Å². The van der Waals surface area contributed by atoms with Gasteiger partial charge in [0.15, 0.2) is 0 Å². The van der Waals surface area contributed by atoms with Gasteiger partial charge in [-0.1, -0.05) is 24.3 Å². The Morgan fingerprint density at radius 3 is 2.53 bits per heavy atom. The lowest BCUT2D eigenvalue weighted by molar-refractivity contribution is -0.115. The van der Waals surface area contributed by atoms with Crippen molar-refractivity contribution in [2.75, 3.05) is 16.0 Å². The fraction of sp³-hybridized carbons (Fsp3) is 0.130. The van der Waals surface area contributed by atoms with Crippen LogP contribution in [0, 0.1) is 18.6 Å². The van der Waals surface area contributed by atoms with Crippen LogP contribution < -0.4 is 10.2 Å². The van der Waals surface area contributed by atoms with E-state index in [1.165, 1.54) is 42.1 Å². The van der Waals surface area contributed by atoms with Crippen molar-refractivity contribution in [3.63, 3.8) is 0 Å². The number of anilines is 2. The van der Waals surface area contributed by atoms with Crippen molar-refractivity contribution in [1.82, 2.24) is 0 Å². The maximum atomic E-state index is 14.0. The fourth-order valence-electron chi connectivity index (χ4n) is 3.35. The van der Waals surface area contributed by atoms with Crippen LogP contribution in [0.25, 0.3) is 0 Å². The van der Waals surface area contributed by atoms with E-state index in [0.29, 0.717) is 22.7 Å². The van der Waals surface area contributed by atoms with Gasteiger partial charge in [-0.3, -0.25) is 14.5 Å². The van der Waals surface area contributed by atoms with Crippen LogP contribution in [-0.2, 0) is 4.79 Å². The number of rotatable bonds is 4. The molecule has 0 spiro atoms. The maximum Gasteiger partial charge on any atom is 0.255 e. The first kappa shape index (κ1) is 20.1. The molecule has 4 nitrogen and oxygen atoms in total. The van der Waals surface area contributed by atoms with Gasteiger partial charge in [-0.15, -0.1) is 11.8 Å². The fourth-order valence-corrected chi connectivity index (χ4v) is 4.52. The maximum absolute atomic E-state index is 14.0. The largest absolute Gasteiger partial charge is 0.322 e. The second-order valence-electron chi connectivity index (χ2n) is 6.90. The van der Waals surface area contributed by atoms with Crippen LogP contribution in [0.1, 0.15) is 26.9 Å². The number of halogens is 2. The molecule has 0 aromatic heterocycles. The summed E-state index contributed by atoms with van der Waals surface area (Å²) in [6.07, 6.45) is 0. The Hall–Kier alpha value is -3.19. The number of nitrogens with one attached hydrogen (secondary N) is 1. The lowest BCUT2D eigenvalue weighted by Gasteiger charge is -2.26. The summed E-state index contributed by atoms with van der Waals surface area (Å²) in [5, 5.41) is 2.44. The van der Waals surface area contributed by atoms with E-state index >= 15 is 0 Å². The molecule has 1 aliphatic heterocycles. The molecule has 1 atom stereocenters. The Bertz CT molecular complexity index is 1120. The van der Waals surface area contributed by atoms with Crippen LogP contribution in [0.4, 0.5) is 20.2 Å². The van der Waals surface area contributed by atoms with E-state index in [1.807, 2.05) is 12.1 Å². The first-order valence-electron chi connectivity index (χ1n) is 9.29. The van der Waals surface area contributed by atoms with Gasteiger partial charge in [-0.25, -0.2) is 8.78 Å². The van der Waals surface area contributed by atoms with Crippen LogP contribution in [-0.4, -0.2) is 17.6 Å². The molecule has 1 fully saturated rings. The highest BCUT2D eigenvalue weighted by atomic mass is 32.2. The Morgan fingerprint density at radius 2 is 1.80 bits per heavy atom. The van der Waals surface area contributed by atoms with Gasteiger partial charge in [0, 0.05) is 16.8 Å². The zero-order chi connectivity index (χ0) is 21.3. The van der Waals surface area contributed by atoms with Crippen molar-refractivity contribution >= 4 is 35.0 Å². The second-order valence-corrected chi connectivity index (χ2v) is 7.97. The molecule has 1 saturated heterocycles. The molecule has 152 valence electrons. The summed E-state index contributed by atoms with van der Waals surface area (Å²) >= 11 is 1.46. The van der Waals surface area contributed by atoms with E-state index in [0.717, 1.165) is 5.56 Å². The van der Waals surface area contributed by atoms with Gasteiger partial charge < -0.3 is 5.32 Å². The van der Waals surface area contributed by atoms with E-state index < -0.39 is 11.7 Å². The number of amides is 2. The molecule has 1 unspecified atom stereocenters. The topological polar surface area (TPSA) is 49.4 Å². The second kappa shape index (κ2) is 8.28. The number of carbonyl (C=O) groups excluding carboxylic acids is 2. The summed E-state index contributed by atoms with van der Waals surface area (Å²) < 4.78 is 27.3. The summed E-state index contributed by atoms with van der Waals surface area (Å²) in [5.74, 6) is -1.02. The van der Waals surface area contributed by atoms with Crippen molar-refractivity contribution in [2.45, 2.75) is 12.3 Å². The Morgan fingerprint density at radius 1 is 1.07 bits per heavy atom. The number of carbonyl (C=O) groups is 2. The predicted octanol–water partition coefficient (Wildman–Crippen LogP) is 5.30. The molecule has 30 heavy (non-hydrogen) atoms. The summed E-state index contributed by atoms with van der Waals surface area (Å²) in [4.78, 5) is 26.4. The lowest BCUT2D eigenvalue weighted by Crippen LogP contribution is -2.28. The van der Waals surface area contributed by atoms with Gasteiger partial charge in [0.2, 0.25) is 5.91 Å². The number of thioether (sulfide) groups is 1. The standard InChI is InChI=1S/C23H18F2N2O2S/c1-14-19(25)6-3-7-20(14)27-21(28)13-30-23(27)15-8-10-18(11-9-15)26-22(29)16-4-2-5-17(24)12-16/h2-12,23H,13H2,1H3,(H,26,29). The highest BCUT2D eigenvalue weighted by Gasteiger charge is 2.35. The Labute approximate surface area is 176 Å². The lowest BCUT2D eigenvalue weighted by atomic mass is 10.1. The minimum atomic E-state index is -0.478. The van der Waals surface area contributed by atoms with Gasteiger partial charge in [0.25, 0.3) is 5.91 Å². The SMILES string of the molecule is Cc1c(F)cccc1N1C(=O)CSC1c1ccc(NC(=O)c2cccc(F)c2)cc1. The van der Waals surface area contributed by atoms with Crippen LogP contribution >= 0.6 is 11.8 Å². The van der Waals surface area contributed by atoms with Gasteiger partial charge in [-0.2, -0.15) is 0 Å². The van der Waals surface area contributed by atoms with E-state index in [4.69, 9.17) is 0 Å². The molecule has 0 aliphatic carbocycles. The number of hydrogen-bond acceptors (Lipinski definition) is 3. The number of hydrogen-bond donors (Lipinski definition) is 1. The van der Waals surface area contributed by atoms with E-state index in [2.05, 4.69) is 5.32 Å². The van der Waals surface area contributed by atoms with E-state index in [-0.39, 0.29) is 22.7 Å². The molecule has 4 rings (SSSR count). The molecule has 1 heterocycles. The average molecular weight is 424 g/mol. The van der Waals surface area contributed by atoms with Gasteiger partial charge in [0.05, 0.1) is 11.4 Å². The van der Waals surface area contributed by atoms with Gasteiger partial charge in [-0.05, 0) is 55.0 Å². The highest BCUT2D eigenvalue weighted by molar-refractivity contribution is 8.00. The Kier molecular flexibility index (Phi) is 5.55. The third-order valence-corrected chi connectivity index (χ3v) is 6.12. The summed E-state index contributed by atoms with van der Waals surface area (Å²) in [6, 6.07) is 17.3. The molecular formula is C23H18F2N2O2S. The van der Waals surface area contributed by atoms with Crippen molar-refractivity contribution in [3.05, 3.63) is 95.1 Å². The third kappa shape index (κ3) is 3.93. The smallest absolute Gasteiger partial charge is 0.255 e. The van der Waals surface area contributed by atoms with E-state index in [1.54, 1.807) is 36.1 Å². The molecule has 0 bridgehead atoms. The molecule has 7 heteroatoms. The van der Waals surface area contributed by atoms with Gasteiger partial charge in [0.1, 0.15) is 17.0 Å². The average Bonchev–Trinajstić information content (AvgIpc) is 3.12. The van der Waals surface area contributed by atoms with Crippen molar-refractivity contribution in [2.24, 2.45) is 0 Å². The quantitative estimate of drug-likeness (QED) is 0.618. The van der Waals surface area contributed by atoms with Crippen LogP contribution in [0.15, 0.2) is 66.7 Å². The summed E-state index contributed by atoms with van der Waals surface area (Å²) in [5.41, 5.74) is 2.62. The summed E-state index contributed by atoms with van der Waals surface area (Å²) in [6.45, 7) is 1.66. The van der Waals surface area contributed by atoms with Crippen LogP contribution in [0.3, 0.4) is 0 Å². The molecule has 3 aromatic carbocycles. The molecule has 1 aliphatic rings. The first-order chi connectivity index (χ1) is 14.4. The molecule has 2 amide bonds. The number of nitrogens with zero attached hydrogens (tertiary/aromatic N) is 1.